The van der Waals surface area contributed by atoms with Crippen LogP contribution in [0.15, 0.2) is 65.6 Å². The minimum absolute atomic E-state index is 0.0198. The van der Waals surface area contributed by atoms with E-state index in [9.17, 15) is 13.2 Å². The minimum Gasteiger partial charge on any atom is -0.495 e. The van der Waals surface area contributed by atoms with Crippen molar-refractivity contribution in [2.75, 3.05) is 42.8 Å². The summed E-state index contributed by atoms with van der Waals surface area (Å²) in [5.74, 6) is 0.0653. The second kappa shape index (κ2) is 9.54. The lowest BCUT2D eigenvalue weighted by atomic mass is 10.1. The van der Waals surface area contributed by atoms with Crippen LogP contribution in [0.4, 0.5) is 17.1 Å². The van der Waals surface area contributed by atoms with Crippen molar-refractivity contribution in [3.05, 3.63) is 77.4 Å². The van der Waals surface area contributed by atoms with Crippen LogP contribution in [-0.2, 0) is 10.0 Å². The number of carbonyl (C=O) groups excluding carboxylic acids is 1. The number of amides is 1. The van der Waals surface area contributed by atoms with Crippen molar-refractivity contribution in [1.82, 2.24) is 0 Å². The quantitative estimate of drug-likeness (QED) is 0.555. The molecule has 0 aliphatic rings. The Morgan fingerprint density at radius 3 is 2.24 bits per heavy atom. The zero-order valence-electron chi connectivity index (χ0n) is 19.7. The lowest BCUT2D eigenvalue weighted by Crippen LogP contribution is -2.27. The molecule has 0 aliphatic heterocycles. The maximum atomic E-state index is 13.3. The normalized spacial score (nSPS) is 11.1. The number of hydrogen-bond donors (Lipinski definition) is 1. The van der Waals surface area contributed by atoms with E-state index >= 15 is 0 Å². The number of anilines is 3. The second-order valence-corrected chi connectivity index (χ2v) is 9.94. The van der Waals surface area contributed by atoms with E-state index in [0.29, 0.717) is 28.3 Å². The summed E-state index contributed by atoms with van der Waals surface area (Å²) in [5.41, 5.74) is 3.98. The van der Waals surface area contributed by atoms with Crippen LogP contribution in [0.25, 0.3) is 0 Å². The smallest absolute Gasteiger partial charge is 0.264 e. The van der Waals surface area contributed by atoms with Crippen LogP contribution in [0.2, 0.25) is 0 Å². The van der Waals surface area contributed by atoms with Gasteiger partial charge in [0.15, 0.2) is 0 Å². The molecule has 0 saturated carbocycles. The molecule has 0 saturated heterocycles. The van der Waals surface area contributed by atoms with E-state index in [0.717, 1.165) is 15.6 Å². The van der Waals surface area contributed by atoms with Gasteiger partial charge in [-0.3, -0.25) is 9.10 Å². The molecule has 3 rings (SSSR count). The lowest BCUT2D eigenvalue weighted by molar-refractivity contribution is 0.102. The van der Waals surface area contributed by atoms with Gasteiger partial charge in [-0.25, -0.2) is 8.42 Å². The average molecular weight is 468 g/mol. The molecule has 8 heteroatoms. The number of sulfonamides is 1. The number of nitrogens with zero attached hydrogens (tertiary/aromatic N) is 2. The van der Waals surface area contributed by atoms with Crippen molar-refractivity contribution in [1.29, 1.82) is 0 Å². The van der Waals surface area contributed by atoms with Gasteiger partial charge in [0.1, 0.15) is 5.75 Å². The van der Waals surface area contributed by atoms with Gasteiger partial charge in [0.2, 0.25) is 0 Å². The van der Waals surface area contributed by atoms with E-state index in [4.69, 9.17) is 4.74 Å². The summed E-state index contributed by atoms with van der Waals surface area (Å²) in [7, 11) is 2.92. The first kappa shape index (κ1) is 24.1. The van der Waals surface area contributed by atoms with E-state index in [2.05, 4.69) is 5.32 Å². The number of methoxy groups -OCH3 is 1. The molecule has 33 heavy (non-hydrogen) atoms. The van der Waals surface area contributed by atoms with E-state index in [1.807, 2.05) is 44.1 Å². The summed E-state index contributed by atoms with van der Waals surface area (Å²) in [5, 5.41) is 2.91. The molecule has 0 heterocycles. The van der Waals surface area contributed by atoms with Gasteiger partial charge in [0, 0.05) is 38.1 Å². The third kappa shape index (κ3) is 4.96. The van der Waals surface area contributed by atoms with Crippen LogP contribution >= 0.6 is 0 Å². The van der Waals surface area contributed by atoms with Crippen LogP contribution in [-0.4, -0.2) is 42.6 Å². The first-order chi connectivity index (χ1) is 15.6. The zero-order chi connectivity index (χ0) is 24.3. The molecule has 3 aromatic carbocycles. The second-order valence-electron chi connectivity index (χ2n) is 7.97. The van der Waals surface area contributed by atoms with Crippen LogP contribution in [0.5, 0.6) is 5.75 Å². The zero-order valence-corrected chi connectivity index (χ0v) is 20.5. The topological polar surface area (TPSA) is 78.9 Å². The van der Waals surface area contributed by atoms with Crippen LogP contribution in [0.1, 0.15) is 21.5 Å². The lowest BCUT2D eigenvalue weighted by Gasteiger charge is -2.22. The van der Waals surface area contributed by atoms with Crippen LogP contribution in [0.3, 0.4) is 0 Å². The van der Waals surface area contributed by atoms with Gasteiger partial charge in [0.05, 0.1) is 17.7 Å². The highest BCUT2D eigenvalue weighted by Gasteiger charge is 2.25. The van der Waals surface area contributed by atoms with Gasteiger partial charge >= 0.3 is 0 Å². The third-order valence-corrected chi connectivity index (χ3v) is 7.28. The number of nitrogens with one attached hydrogen (secondary N) is 1. The summed E-state index contributed by atoms with van der Waals surface area (Å²) in [6.45, 7) is 3.69. The molecule has 0 fully saturated rings. The van der Waals surface area contributed by atoms with Gasteiger partial charge in [-0.15, -0.1) is 0 Å². The number of aryl methyl sites for hydroxylation is 2. The van der Waals surface area contributed by atoms with E-state index < -0.39 is 10.0 Å². The van der Waals surface area contributed by atoms with E-state index in [1.54, 1.807) is 37.3 Å². The fraction of sp³-hybridized carbons (Fsp3) is 0.240. The first-order valence-corrected chi connectivity index (χ1v) is 11.8. The Morgan fingerprint density at radius 2 is 1.61 bits per heavy atom. The summed E-state index contributed by atoms with van der Waals surface area (Å²) in [4.78, 5) is 15.1. The van der Waals surface area contributed by atoms with Crippen molar-refractivity contribution in [3.8, 4) is 5.75 Å². The summed E-state index contributed by atoms with van der Waals surface area (Å²) < 4.78 is 33.1. The Morgan fingerprint density at radius 1 is 0.909 bits per heavy atom. The average Bonchev–Trinajstić information content (AvgIpc) is 2.79. The Bertz CT molecular complexity index is 1290. The largest absolute Gasteiger partial charge is 0.495 e. The molecule has 0 atom stereocenters. The molecule has 7 nitrogen and oxygen atoms in total. The highest BCUT2D eigenvalue weighted by Crippen LogP contribution is 2.31. The summed E-state index contributed by atoms with van der Waals surface area (Å²) >= 11 is 0. The fourth-order valence-corrected chi connectivity index (χ4v) is 4.67. The van der Waals surface area contributed by atoms with Gasteiger partial charge in [-0.05, 0) is 67.4 Å². The fourth-order valence-electron chi connectivity index (χ4n) is 3.44. The molecule has 1 N–H and O–H groups in total. The predicted octanol–water partition coefficient (Wildman–Crippen LogP) is 4.46. The van der Waals surface area contributed by atoms with Gasteiger partial charge in [-0.2, -0.15) is 0 Å². The highest BCUT2D eigenvalue weighted by atomic mass is 32.2. The number of carbonyl (C=O) groups is 1. The Balaban J connectivity index is 1.94. The SMILES string of the molecule is COc1ccccc1N(C)S(=O)(=O)c1ccc(C)c(C(=O)Nc2ccc(N(C)C)cc2C)c1. The van der Waals surface area contributed by atoms with E-state index in [1.165, 1.54) is 26.3 Å². The number of rotatable bonds is 7. The Kier molecular flexibility index (Phi) is 6.98. The standard InChI is InChI=1S/C25H29N3O4S/c1-17-11-13-20(33(30,31)28(5)23-9-7-8-10-24(23)32-6)16-21(17)25(29)26-22-14-12-19(27(3)4)15-18(22)2/h7-16H,1-6H3,(H,26,29). The van der Waals surface area contributed by atoms with Crippen molar-refractivity contribution in [2.45, 2.75) is 18.7 Å². The maximum absolute atomic E-state index is 13.3. The summed E-state index contributed by atoms with van der Waals surface area (Å²) in [6.07, 6.45) is 0. The minimum atomic E-state index is -3.93. The Labute approximate surface area is 195 Å². The van der Waals surface area contributed by atoms with Crippen molar-refractivity contribution < 1.29 is 17.9 Å². The number of benzene rings is 3. The molecule has 174 valence electrons. The number of ether oxygens (including phenoxy) is 1. The first-order valence-electron chi connectivity index (χ1n) is 10.4. The molecule has 1 amide bonds. The molecule has 0 aliphatic carbocycles. The predicted molar refractivity (Wildman–Crippen MR) is 133 cm³/mol. The van der Waals surface area contributed by atoms with Crippen molar-refractivity contribution in [2.24, 2.45) is 0 Å². The summed E-state index contributed by atoms with van der Waals surface area (Å²) in [6, 6.07) is 17.2. The molecular weight excluding hydrogens is 438 g/mol. The van der Waals surface area contributed by atoms with Crippen molar-refractivity contribution in [3.63, 3.8) is 0 Å². The molecule has 0 unspecified atom stereocenters. The third-order valence-electron chi connectivity index (χ3n) is 5.51. The highest BCUT2D eigenvalue weighted by molar-refractivity contribution is 7.92. The number of hydrogen-bond acceptors (Lipinski definition) is 5. The molecule has 0 aromatic heterocycles. The van der Waals surface area contributed by atoms with Crippen molar-refractivity contribution >= 4 is 33.0 Å². The molecule has 3 aromatic rings. The number of para-hydroxylation sites is 2. The monoisotopic (exact) mass is 467 g/mol. The molecular formula is C25H29N3O4S. The van der Waals surface area contributed by atoms with Gasteiger partial charge in [0.25, 0.3) is 15.9 Å². The van der Waals surface area contributed by atoms with Crippen LogP contribution < -0.4 is 19.3 Å². The van der Waals surface area contributed by atoms with Gasteiger partial charge in [-0.1, -0.05) is 18.2 Å². The molecule has 0 spiro atoms. The van der Waals surface area contributed by atoms with Crippen LogP contribution in [0, 0.1) is 13.8 Å². The molecule has 0 radical (unpaired) electrons. The maximum Gasteiger partial charge on any atom is 0.264 e. The molecule has 0 bridgehead atoms. The van der Waals surface area contributed by atoms with E-state index in [-0.39, 0.29) is 10.8 Å². The Hall–Kier alpha value is -3.52. The van der Waals surface area contributed by atoms with Gasteiger partial charge < -0.3 is 15.0 Å².